The largest absolute Gasteiger partial charge is 0.345 e. The maximum absolute atomic E-state index is 13.3. The van der Waals surface area contributed by atoms with Crippen molar-refractivity contribution in [1.82, 2.24) is 10.3 Å². The summed E-state index contributed by atoms with van der Waals surface area (Å²) in [5, 5.41) is 4.28. The first kappa shape index (κ1) is 14.6. The molecule has 2 aromatic rings. The number of hydrogen-bond donors (Lipinski definition) is 1. The number of fused-ring (bicyclic) bond motifs is 1. The molecular formula is C15H13FN2O3S. The molecule has 0 fully saturated rings. The summed E-state index contributed by atoms with van der Waals surface area (Å²) in [6.45, 7) is 1.71. The predicted octanol–water partition coefficient (Wildman–Crippen LogP) is 1.72. The van der Waals surface area contributed by atoms with Gasteiger partial charge in [-0.1, -0.05) is 0 Å². The number of aryl methyl sites for hydroxylation is 1. The molecule has 22 heavy (non-hydrogen) atoms. The zero-order valence-electron chi connectivity index (χ0n) is 11.7. The minimum absolute atomic E-state index is 0.143. The van der Waals surface area contributed by atoms with E-state index in [-0.39, 0.29) is 5.75 Å². The molecule has 1 amide bonds. The van der Waals surface area contributed by atoms with Gasteiger partial charge in [0.25, 0.3) is 5.91 Å². The molecule has 1 N–H and O–H groups in total. The number of sulfone groups is 1. The molecule has 2 heterocycles. The highest BCUT2D eigenvalue weighted by molar-refractivity contribution is 7.94. The zero-order valence-corrected chi connectivity index (χ0v) is 12.5. The topological polar surface area (TPSA) is 76.1 Å². The van der Waals surface area contributed by atoms with Crippen LogP contribution in [0.4, 0.5) is 4.39 Å². The van der Waals surface area contributed by atoms with Crippen molar-refractivity contribution >= 4 is 26.6 Å². The number of hydrogen-bond acceptors (Lipinski definition) is 4. The van der Waals surface area contributed by atoms with E-state index in [1.165, 1.54) is 24.3 Å². The van der Waals surface area contributed by atoms with Gasteiger partial charge in [-0.15, -0.1) is 0 Å². The summed E-state index contributed by atoms with van der Waals surface area (Å²) in [6, 6.07) is 5.06. The Balaban J connectivity index is 1.96. The number of nitrogens with one attached hydrogen (secondary N) is 1. The Bertz CT molecular complexity index is 901. The lowest BCUT2D eigenvalue weighted by Crippen LogP contribution is -2.35. The van der Waals surface area contributed by atoms with Crippen LogP contribution in [0.1, 0.15) is 16.1 Å². The van der Waals surface area contributed by atoms with E-state index >= 15 is 0 Å². The fourth-order valence-electron chi connectivity index (χ4n) is 2.43. The van der Waals surface area contributed by atoms with Gasteiger partial charge < -0.3 is 5.32 Å². The maximum atomic E-state index is 13.3. The normalized spacial score (nSPS) is 19.5. The van der Waals surface area contributed by atoms with E-state index in [2.05, 4.69) is 10.3 Å². The van der Waals surface area contributed by atoms with E-state index in [1.54, 1.807) is 13.0 Å². The van der Waals surface area contributed by atoms with E-state index < -0.39 is 27.6 Å². The average Bonchev–Trinajstić information content (AvgIpc) is 2.76. The highest BCUT2D eigenvalue weighted by Crippen LogP contribution is 2.20. The summed E-state index contributed by atoms with van der Waals surface area (Å²) >= 11 is 0. The van der Waals surface area contributed by atoms with Gasteiger partial charge in [0.05, 0.1) is 22.9 Å². The molecular weight excluding hydrogens is 307 g/mol. The standard InChI is InChI=1S/C15H13FN2O3S/c1-9-6-13(12-3-2-10(16)7-14(12)17-9)15(19)18-11-4-5-22(20,21)8-11/h2-7,11H,8H2,1H3,(H,18,19)/t11-/m1/s1. The van der Waals surface area contributed by atoms with E-state index in [0.29, 0.717) is 22.2 Å². The number of carbonyl (C=O) groups is 1. The third kappa shape index (κ3) is 2.85. The van der Waals surface area contributed by atoms with Crippen LogP contribution in [0.3, 0.4) is 0 Å². The van der Waals surface area contributed by atoms with Crippen molar-refractivity contribution in [1.29, 1.82) is 0 Å². The van der Waals surface area contributed by atoms with Crippen LogP contribution in [-0.2, 0) is 9.84 Å². The number of amides is 1. The summed E-state index contributed by atoms with van der Waals surface area (Å²) in [7, 11) is -3.24. The molecule has 1 aliphatic rings. The van der Waals surface area contributed by atoms with Crippen molar-refractivity contribution in [3.63, 3.8) is 0 Å². The van der Waals surface area contributed by atoms with Crippen LogP contribution >= 0.6 is 0 Å². The highest BCUT2D eigenvalue weighted by Gasteiger charge is 2.24. The molecule has 5 nitrogen and oxygen atoms in total. The summed E-state index contributed by atoms with van der Waals surface area (Å²) in [6.07, 6.45) is 1.45. The van der Waals surface area contributed by atoms with Gasteiger partial charge in [0.2, 0.25) is 0 Å². The lowest BCUT2D eigenvalue weighted by atomic mass is 10.1. The van der Waals surface area contributed by atoms with Gasteiger partial charge in [-0.3, -0.25) is 9.78 Å². The van der Waals surface area contributed by atoms with Crippen LogP contribution in [0.25, 0.3) is 10.9 Å². The van der Waals surface area contributed by atoms with Crippen LogP contribution in [0.2, 0.25) is 0 Å². The Hall–Kier alpha value is -2.28. The van der Waals surface area contributed by atoms with E-state index in [9.17, 15) is 17.6 Å². The fourth-order valence-corrected chi connectivity index (χ4v) is 3.67. The number of halogens is 1. The van der Waals surface area contributed by atoms with E-state index in [1.807, 2.05) is 0 Å². The molecule has 7 heteroatoms. The van der Waals surface area contributed by atoms with Crippen LogP contribution in [0.15, 0.2) is 35.7 Å². The van der Waals surface area contributed by atoms with Gasteiger partial charge in [-0.2, -0.15) is 0 Å². The zero-order chi connectivity index (χ0) is 15.9. The van der Waals surface area contributed by atoms with Crippen LogP contribution in [-0.4, -0.2) is 31.1 Å². The number of carbonyl (C=O) groups excluding carboxylic acids is 1. The molecule has 0 saturated carbocycles. The van der Waals surface area contributed by atoms with E-state index in [0.717, 1.165) is 5.41 Å². The lowest BCUT2D eigenvalue weighted by Gasteiger charge is -2.12. The van der Waals surface area contributed by atoms with E-state index in [4.69, 9.17) is 0 Å². The Morgan fingerprint density at radius 1 is 1.36 bits per heavy atom. The molecule has 0 saturated heterocycles. The van der Waals surface area contributed by atoms with Crippen LogP contribution in [0, 0.1) is 12.7 Å². The molecule has 1 atom stereocenters. The highest BCUT2D eigenvalue weighted by atomic mass is 32.2. The molecule has 0 unspecified atom stereocenters. The van der Waals surface area contributed by atoms with Crippen molar-refractivity contribution in [2.24, 2.45) is 0 Å². The molecule has 0 bridgehead atoms. The number of aromatic nitrogens is 1. The van der Waals surface area contributed by atoms with Crippen molar-refractivity contribution < 1.29 is 17.6 Å². The molecule has 1 aliphatic heterocycles. The molecule has 3 rings (SSSR count). The Morgan fingerprint density at radius 2 is 2.14 bits per heavy atom. The smallest absolute Gasteiger partial charge is 0.252 e. The molecule has 0 radical (unpaired) electrons. The van der Waals surface area contributed by atoms with Crippen molar-refractivity contribution in [2.75, 3.05) is 5.75 Å². The predicted molar refractivity (Wildman–Crippen MR) is 80.6 cm³/mol. The van der Waals surface area contributed by atoms with Crippen LogP contribution < -0.4 is 5.32 Å². The van der Waals surface area contributed by atoms with Gasteiger partial charge in [0.1, 0.15) is 5.82 Å². The Kier molecular flexibility index (Phi) is 3.44. The first-order valence-electron chi connectivity index (χ1n) is 6.63. The SMILES string of the molecule is Cc1cc(C(=O)N[C@@H]2C=CS(=O)(=O)C2)c2ccc(F)cc2n1. The number of pyridine rings is 1. The molecule has 1 aromatic heterocycles. The summed E-state index contributed by atoms with van der Waals surface area (Å²) in [5.41, 5.74) is 1.32. The number of benzene rings is 1. The lowest BCUT2D eigenvalue weighted by molar-refractivity contribution is 0.0949. The van der Waals surface area contributed by atoms with Gasteiger partial charge in [-0.25, -0.2) is 12.8 Å². The third-order valence-electron chi connectivity index (χ3n) is 3.39. The average molecular weight is 320 g/mol. The van der Waals surface area contributed by atoms with Gasteiger partial charge in [-0.05, 0) is 31.2 Å². The van der Waals surface area contributed by atoms with Crippen molar-refractivity contribution in [3.05, 3.63) is 52.8 Å². The second kappa shape index (κ2) is 5.17. The minimum Gasteiger partial charge on any atom is -0.345 e. The quantitative estimate of drug-likeness (QED) is 0.914. The fraction of sp³-hybridized carbons (Fsp3) is 0.200. The number of rotatable bonds is 2. The second-order valence-corrected chi connectivity index (χ2v) is 7.14. The van der Waals surface area contributed by atoms with Gasteiger partial charge >= 0.3 is 0 Å². The molecule has 0 aliphatic carbocycles. The van der Waals surface area contributed by atoms with Crippen molar-refractivity contribution in [2.45, 2.75) is 13.0 Å². The summed E-state index contributed by atoms with van der Waals surface area (Å²) < 4.78 is 36.0. The summed E-state index contributed by atoms with van der Waals surface area (Å²) in [4.78, 5) is 16.6. The summed E-state index contributed by atoms with van der Waals surface area (Å²) in [5.74, 6) is -0.981. The van der Waals surface area contributed by atoms with Crippen LogP contribution in [0.5, 0.6) is 0 Å². The first-order chi connectivity index (χ1) is 10.3. The van der Waals surface area contributed by atoms with Gasteiger partial charge in [0, 0.05) is 22.6 Å². The monoisotopic (exact) mass is 320 g/mol. The second-order valence-electron chi connectivity index (χ2n) is 5.21. The first-order valence-corrected chi connectivity index (χ1v) is 8.34. The minimum atomic E-state index is -3.24. The maximum Gasteiger partial charge on any atom is 0.252 e. The molecule has 0 spiro atoms. The van der Waals surface area contributed by atoms with Crippen molar-refractivity contribution in [3.8, 4) is 0 Å². The Morgan fingerprint density at radius 3 is 2.82 bits per heavy atom. The molecule has 114 valence electrons. The Labute approximate surface area is 126 Å². The molecule has 1 aromatic carbocycles. The third-order valence-corrected chi connectivity index (χ3v) is 4.79. The van der Waals surface area contributed by atoms with Gasteiger partial charge in [0.15, 0.2) is 9.84 Å². The number of nitrogens with zero attached hydrogens (tertiary/aromatic N) is 1.